The molecular formula is C6H10F3NO3. The Morgan fingerprint density at radius 3 is 2.46 bits per heavy atom. The minimum Gasteiger partial charge on any atom is -0.447 e. The van der Waals surface area contributed by atoms with Gasteiger partial charge in [-0.05, 0) is 0 Å². The summed E-state index contributed by atoms with van der Waals surface area (Å²) in [5.41, 5.74) is 0. The Morgan fingerprint density at radius 1 is 1.54 bits per heavy atom. The Labute approximate surface area is 72.9 Å². The molecule has 7 heteroatoms. The highest BCUT2D eigenvalue weighted by Gasteiger charge is 2.31. The fourth-order valence-corrected chi connectivity index (χ4v) is 0.577. The molecule has 1 amide bonds. The molecule has 1 N–H and O–H groups in total. The molecular weight excluding hydrogens is 191 g/mol. The Hall–Kier alpha value is -0.980. The smallest absolute Gasteiger partial charge is 0.409 e. The third-order valence-corrected chi connectivity index (χ3v) is 1.04. The molecule has 0 aliphatic carbocycles. The van der Waals surface area contributed by atoms with Gasteiger partial charge >= 0.3 is 12.3 Å². The zero-order valence-electron chi connectivity index (χ0n) is 6.97. The number of halogens is 3. The summed E-state index contributed by atoms with van der Waals surface area (Å²) in [6.45, 7) is -2.08. The number of amides is 1. The van der Waals surface area contributed by atoms with Crippen LogP contribution in [0.2, 0.25) is 0 Å². The fraction of sp³-hybridized carbons (Fsp3) is 0.833. The fourth-order valence-electron chi connectivity index (χ4n) is 0.577. The zero-order valence-corrected chi connectivity index (χ0v) is 6.97. The van der Waals surface area contributed by atoms with Gasteiger partial charge in [-0.15, -0.1) is 0 Å². The highest BCUT2D eigenvalue weighted by Crippen LogP contribution is 2.15. The number of rotatable bonds is 3. The number of alkyl halides is 3. The summed E-state index contributed by atoms with van der Waals surface area (Å²) in [4.78, 5) is 11.1. The molecule has 0 aromatic heterocycles. The van der Waals surface area contributed by atoms with E-state index in [9.17, 15) is 18.0 Å². The molecule has 0 aliphatic heterocycles. The molecule has 78 valence electrons. The van der Waals surface area contributed by atoms with Crippen LogP contribution in [-0.4, -0.2) is 49.1 Å². The Balaban J connectivity index is 3.83. The van der Waals surface area contributed by atoms with Gasteiger partial charge in [0.2, 0.25) is 0 Å². The molecule has 0 aromatic carbocycles. The second-order valence-electron chi connectivity index (χ2n) is 2.31. The van der Waals surface area contributed by atoms with Crippen LogP contribution in [0.4, 0.5) is 18.0 Å². The van der Waals surface area contributed by atoms with E-state index in [1.54, 1.807) is 0 Å². The van der Waals surface area contributed by atoms with Crippen LogP contribution in [0.5, 0.6) is 0 Å². The minimum absolute atomic E-state index is 0.305. The second kappa shape index (κ2) is 4.90. The van der Waals surface area contributed by atoms with E-state index in [2.05, 4.69) is 4.74 Å². The quantitative estimate of drug-likeness (QED) is 0.727. The van der Waals surface area contributed by atoms with E-state index in [0.29, 0.717) is 4.90 Å². The van der Waals surface area contributed by atoms with E-state index in [1.807, 2.05) is 0 Å². The summed E-state index contributed by atoms with van der Waals surface area (Å²) in [6.07, 6.45) is -5.54. The summed E-state index contributed by atoms with van der Waals surface area (Å²) in [5.74, 6) is 0. The van der Waals surface area contributed by atoms with E-state index in [0.717, 1.165) is 7.05 Å². The first kappa shape index (κ1) is 12.0. The van der Waals surface area contributed by atoms with Gasteiger partial charge in [0, 0.05) is 7.05 Å². The van der Waals surface area contributed by atoms with Crippen molar-refractivity contribution in [1.82, 2.24) is 4.90 Å². The van der Waals surface area contributed by atoms with Gasteiger partial charge in [-0.1, -0.05) is 0 Å². The van der Waals surface area contributed by atoms with Gasteiger partial charge in [0.15, 0.2) is 0 Å². The lowest BCUT2D eigenvalue weighted by atomic mass is 10.6. The first-order valence-corrected chi connectivity index (χ1v) is 3.42. The van der Waals surface area contributed by atoms with Crippen molar-refractivity contribution < 1.29 is 27.8 Å². The average Bonchev–Trinajstić information content (AvgIpc) is 1.96. The van der Waals surface area contributed by atoms with Gasteiger partial charge in [0.1, 0.15) is 13.2 Å². The lowest BCUT2D eigenvalue weighted by Gasteiger charge is -2.17. The normalized spacial score (nSPS) is 11.2. The lowest BCUT2D eigenvalue weighted by Crippen LogP contribution is -2.36. The molecule has 0 bridgehead atoms. The van der Waals surface area contributed by atoms with Crippen LogP contribution in [0.15, 0.2) is 0 Å². The summed E-state index contributed by atoms with van der Waals surface area (Å²) in [7, 11) is 0.965. The molecule has 13 heavy (non-hydrogen) atoms. The number of nitrogens with zero attached hydrogens (tertiary/aromatic N) is 1. The van der Waals surface area contributed by atoms with Gasteiger partial charge in [0.05, 0.1) is 6.61 Å². The van der Waals surface area contributed by atoms with Gasteiger partial charge in [0.25, 0.3) is 0 Å². The van der Waals surface area contributed by atoms with Crippen molar-refractivity contribution in [3.05, 3.63) is 0 Å². The van der Waals surface area contributed by atoms with Crippen LogP contribution in [0.1, 0.15) is 0 Å². The maximum atomic E-state index is 11.7. The van der Waals surface area contributed by atoms with Crippen molar-refractivity contribution in [2.75, 3.05) is 26.8 Å². The number of hydrogen-bond donors (Lipinski definition) is 1. The van der Waals surface area contributed by atoms with E-state index >= 15 is 0 Å². The molecule has 0 unspecified atom stereocenters. The number of hydrogen-bond acceptors (Lipinski definition) is 3. The highest BCUT2D eigenvalue weighted by molar-refractivity contribution is 5.67. The standard InChI is InChI=1S/C6H10F3NO3/c1-10(4-6(7,8)9)5(12)13-3-2-11/h11H,2-4H2,1H3. The van der Waals surface area contributed by atoms with Gasteiger partial charge < -0.3 is 14.7 Å². The van der Waals surface area contributed by atoms with E-state index in [-0.39, 0.29) is 6.61 Å². The molecule has 0 aliphatic rings. The van der Waals surface area contributed by atoms with Crippen LogP contribution in [0.25, 0.3) is 0 Å². The Kier molecular flexibility index (Phi) is 4.53. The van der Waals surface area contributed by atoms with Crippen LogP contribution < -0.4 is 0 Å². The molecule has 0 fully saturated rings. The number of carbonyl (C=O) groups is 1. The third kappa shape index (κ3) is 6.21. The van der Waals surface area contributed by atoms with Gasteiger partial charge in [-0.2, -0.15) is 13.2 Å². The van der Waals surface area contributed by atoms with Crippen LogP contribution >= 0.6 is 0 Å². The molecule has 0 spiro atoms. The summed E-state index contributed by atoms with van der Waals surface area (Å²) < 4.78 is 39.3. The van der Waals surface area contributed by atoms with Crippen molar-refractivity contribution in [3.63, 3.8) is 0 Å². The Morgan fingerprint density at radius 2 is 2.08 bits per heavy atom. The van der Waals surface area contributed by atoms with Crippen molar-refractivity contribution in [1.29, 1.82) is 0 Å². The molecule has 0 saturated heterocycles. The maximum Gasteiger partial charge on any atom is 0.409 e. The SMILES string of the molecule is CN(CC(F)(F)F)C(=O)OCCO. The highest BCUT2D eigenvalue weighted by atomic mass is 19.4. The molecule has 0 rings (SSSR count). The molecule has 0 atom stereocenters. The number of ether oxygens (including phenoxy) is 1. The maximum absolute atomic E-state index is 11.7. The van der Waals surface area contributed by atoms with Crippen LogP contribution in [0.3, 0.4) is 0 Å². The summed E-state index contributed by atoms with van der Waals surface area (Å²) in [5, 5.41) is 8.21. The van der Waals surface area contributed by atoms with Crippen LogP contribution in [-0.2, 0) is 4.74 Å². The van der Waals surface area contributed by atoms with Crippen molar-refractivity contribution >= 4 is 6.09 Å². The lowest BCUT2D eigenvalue weighted by molar-refractivity contribution is -0.140. The topological polar surface area (TPSA) is 49.8 Å². The molecule has 0 heterocycles. The molecule has 4 nitrogen and oxygen atoms in total. The van der Waals surface area contributed by atoms with E-state index in [4.69, 9.17) is 5.11 Å². The minimum atomic E-state index is -4.44. The second-order valence-corrected chi connectivity index (χ2v) is 2.31. The van der Waals surface area contributed by atoms with Crippen molar-refractivity contribution in [2.24, 2.45) is 0 Å². The predicted octanol–water partition coefficient (Wildman–Crippen LogP) is 0.609. The average molecular weight is 201 g/mol. The van der Waals surface area contributed by atoms with Gasteiger partial charge in [-0.3, -0.25) is 0 Å². The first-order valence-electron chi connectivity index (χ1n) is 3.42. The third-order valence-electron chi connectivity index (χ3n) is 1.04. The van der Waals surface area contributed by atoms with E-state index < -0.39 is 25.4 Å². The zero-order chi connectivity index (χ0) is 10.5. The predicted molar refractivity (Wildman–Crippen MR) is 37.1 cm³/mol. The van der Waals surface area contributed by atoms with Gasteiger partial charge in [-0.25, -0.2) is 4.79 Å². The molecule has 0 saturated carbocycles. The molecule has 0 radical (unpaired) electrons. The van der Waals surface area contributed by atoms with Crippen molar-refractivity contribution in [2.45, 2.75) is 6.18 Å². The summed E-state index contributed by atoms with van der Waals surface area (Å²) in [6, 6.07) is 0. The number of aliphatic hydroxyl groups excluding tert-OH is 1. The first-order chi connectivity index (χ1) is 5.87. The number of aliphatic hydroxyl groups is 1. The van der Waals surface area contributed by atoms with E-state index in [1.165, 1.54) is 0 Å². The van der Waals surface area contributed by atoms with Crippen molar-refractivity contribution in [3.8, 4) is 0 Å². The monoisotopic (exact) mass is 201 g/mol. The largest absolute Gasteiger partial charge is 0.447 e. The molecule has 0 aromatic rings. The number of carbonyl (C=O) groups excluding carboxylic acids is 1. The summed E-state index contributed by atoms with van der Waals surface area (Å²) >= 11 is 0. The Bertz CT molecular complexity index is 171. The van der Waals surface area contributed by atoms with Crippen LogP contribution in [0, 0.1) is 0 Å².